The van der Waals surface area contributed by atoms with Gasteiger partial charge in [0.1, 0.15) is 0 Å². The summed E-state index contributed by atoms with van der Waals surface area (Å²) in [6.07, 6.45) is 43.3. The van der Waals surface area contributed by atoms with E-state index in [2.05, 4.69) is 20.8 Å². The molecule has 0 amide bonds. The topological polar surface area (TPSA) is 40.5 Å². The number of aromatic hydroxyl groups is 2. The lowest BCUT2D eigenvalue weighted by Crippen LogP contribution is -2.03. The standard InChI is InChI=1S/C42H78O2/c1-4-7-10-13-16-19-22-25-28-31-34-38-37-41(43)42(44)40(36-33-30-27-24-21-18-15-12-9-6-3)39(38)35-32-29-26-23-20-17-14-11-8-5-2/h37,43-44H,4-36H2,1-3H3. The molecule has 2 N–H and O–H groups in total. The normalized spacial score (nSPS) is 11.5. The molecule has 2 heteroatoms. The van der Waals surface area contributed by atoms with Gasteiger partial charge in [0.05, 0.1) is 0 Å². The van der Waals surface area contributed by atoms with Crippen LogP contribution in [0.3, 0.4) is 0 Å². The van der Waals surface area contributed by atoms with Crippen LogP contribution in [0.1, 0.15) is 230 Å². The second-order valence-corrected chi connectivity index (χ2v) is 14.2. The zero-order valence-corrected chi connectivity index (χ0v) is 30.3. The van der Waals surface area contributed by atoms with Crippen LogP contribution in [0, 0.1) is 0 Å². The minimum Gasteiger partial charge on any atom is -0.504 e. The van der Waals surface area contributed by atoms with Gasteiger partial charge in [-0.15, -0.1) is 0 Å². The maximum Gasteiger partial charge on any atom is 0.160 e. The van der Waals surface area contributed by atoms with Gasteiger partial charge < -0.3 is 10.2 Å². The third-order valence-electron chi connectivity index (χ3n) is 9.95. The Hall–Kier alpha value is -1.18. The molecule has 0 atom stereocenters. The molecule has 0 spiro atoms. The average molecular weight is 615 g/mol. The molecule has 0 saturated heterocycles. The lowest BCUT2D eigenvalue weighted by molar-refractivity contribution is 0.396. The van der Waals surface area contributed by atoms with Crippen molar-refractivity contribution in [3.63, 3.8) is 0 Å². The fraction of sp³-hybridized carbons (Fsp3) is 0.857. The first-order valence-electron chi connectivity index (χ1n) is 20.2. The fourth-order valence-electron chi connectivity index (χ4n) is 7.00. The maximum absolute atomic E-state index is 11.0. The summed E-state index contributed by atoms with van der Waals surface area (Å²) in [7, 11) is 0. The van der Waals surface area contributed by atoms with Crippen molar-refractivity contribution < 1.29 is 10.2 Å². The first-order chi connectivity index (χ1) is 21.7. The molecule has 44 heavy (non-hydrogen) atoms. The van der Waals surface area contributed by atoms with Gasteiger partial charge in [0, 0.05) is 5.56 Å². The van der Waals surface area contributed by atoms with Crippen LogP contribution in [-0.2, 0) is 19.3 Å². The van der Waals surface area contributed by atoms with E-state index in [0.29, 0.717) is 0 Å². The molecule has 0 radical (unpaired) electrons. The van der Waals surface area contributed by atoms with E-state index >= 15 is 0 Å². The Bertz CT molecular complexity index is 755. The lowest BCUT2D eigenvalue weighted by atomic mass is 9.89. The largest absolute Gasteiger partial charge is 0.504 e. The molecule has 258 valence electrons. The van der Waals surface area contributed by atoms with Crippen molar-refractivity contribution in [3.8, 4) is 11.5 Å². The summed E-state index contributed by atoms with van der Waals surface area (Å²) >= 11 is 0. The van der Waals surface area contributed by atoms with E-state index < -0.39 is 0 Å². The Morgan fingerprint density at radius 2 is 0.614 bits per heavy atom. The third-order valence-corrected chi connectivity index (χ3v) is 9.95. The van der Waals surface area contributed by atoms with Crippen molar-refractivity contribution >= 4 is 0 Å². The summed E-state index contributed by atoms with van der Waals surface area (Å²) in [6, 6.07) is 1.91. The van der Waals surface area contributed by atoms with Crippen LogP contribution in [0.15, 0.2) is 6.07 Å². The van der Waals surface area contributed by atoms with E-state index in [-0.39, 0.29) is 11.5 Å². The molecule has 1 rings (SSSR count). The third kappa shape index (κ3) is 21.5. The molecule has 0 aliphatic rings. The van der Waals surface area contributed by atoms with Gasteiger partial charge in [-0.2, -0.15) is 0 Å². The number of benzene rings is 1. The summed E-state index contributed by atoms with van der Waals surface area (Å²) in [5.74, 6) is 0.288. The minimum absolute atomic E-state index is 0.112. The van der Waals surface area contributed by atoms with Crippen molar-refractivity contribution in [1.82, 2.24) is 0 Å². The highest BCUT2D eigenvalue weighted by Crippen LogP contribution is 2.37. The van der Waals surface area contributed by atoms with Crippen LogP contribution in [-0.4, -0.2) is 10.2 Å². The Morgan fingerprint density at radius 3 is 0.955 bits per heavy atom. The highest BCUT2D eigenvalue weighted by atomic mass is 16.3. The van der Waals surface area contributed by atoms with Crippen LogP contribution >= 0.6 is 0 Å². The van der Waals surface area contributed by atoms with Crippen LogP contribution in [0.5, 0.6) is 11.5 Å². The van der Waals surface area contributed by atoms with E-state index in [1.165, 1.54) is 197 Å². The second kappa shape index (κ2) is 30.5. The summed E-state index contributed by atoms with van der Waals surface area (Å²) in [5, 5.41) is 21.7. The van der Waals surface area contributed by atoms with Gasteiger partial charge in [0.2, 0.25) is 0 Å². The molecule has 0 heterocycles. The smallest absolute Gasteiger partial charge is 0.160 e. The molecule has 1 aromatic rings. The maximum atomic E-state index is 11.0. The zero-order valence-electron chi connectivity index (χ0n) is 30.3. The molecular weight excluding hydrogens is 536 g/mol. The first kappa shape index (κ1) is 40.8. The van der Waals surface area contributed by atoms with Gasteiger partial charge in [-0.05, 0) is 55.7 Å². The van der Waals surface area contributed by atoms with E-state index in [0.717, 1.165) is 31.2 Å². The van der Waals surface area contributed by atoms with Gasteiger partial charge in [-0.25, -0.2) is 0 Å². The quantitative estimate of drug-likeness (QED) is 0.0610. The lowest BCUT2D eigenvalue weighted by Gasteiger charge is -2.18. The minimum atomic E-state index is 0.112. The fourth-order valence-corrected chi connectivity index (χ4v) is 7.00. The Labute approximate surface area is 276 Å². The molecule has 0 aromatic heterocycles. The van der Waals surface area contributed by atoms with Crippen molar-refractivity contribution in [2.45, 2.75) is 233 Å². The number of phenols is 2. The highest BCUT2D eigenvalue weighted by Gasteiger charge is 2.17. The second-order valence-electron chi connectivity index (χ2n) is 14.2. The van der Waals surface area contributed by atoms with Crippen molar-refractivity contribution in [3.05, 3.63) is 22.8 Å². The van der Waals surface area contributed by atoms with Gasteiger partial charge in [0.15, 0.2) is 11.5 Å². The summed E-state index contributed by atoms with van der Waals surface area (Å²) < 4.78 is 0. The number of unbranched alkanes of at least 4 members (excludes halogenated alkanes) is 27. The average Bonchev–Trinajstić information content (AvgIpc) is 3.02. The van der Waals surface area contributed by atoms with Gasteiger partial charge in [-0.1, -0.05) is 194 Å². The molecule has 0 saturated carbocycles. The molecule has 1 aromatic carbocycles. The highest BCUT2D eigenvalue weighted by molar-refractivity contribution is 5.53. The Kier molecular flexibility index (Phi) is 28.3. The van der Waals surface area contributed by atoms with Crippen molar-refractivity contribution in [2.24, 2.45) is 0 Å². The summed E-state index contributed by atoms with van der Waals surface area (Å²) in [5.41, 5.74) is 3.77. The Morgan fingerprint density at radius 1 is 0.341 bits per heavy atom. The molecule has 2 nitrogen and oxygen atoms in total. The van der Waals surface area contributed by atoms with E-state index in [1.807, 2.05) is 6.07 Å². The zero-order chi connectivity index (χ0) is 31.9. The number of phenolic OH excluding ortho intramolecular Hbond substituents is 2. The number of rotatable bonds is 33. The van der Waals surface area contributed by atoms with Gasteiger partial charge in [0.25, 0.3) is 0 Å². The van der Waals surface area contributed by atoms with Crippen molar-refractivity contribution in [2.75, 3.05) is 0 Å². The summed E-state index contributed by atoms with van der Waals surface area (Å²) in [6.45, 7) is 6.87. The van der Waals surface area contributed by atoms with Crippen LogP contribution < -0.4 is 0 Å². The predicted octanol–water partition coefficient (Wildman–Crippen LogP) is 14.5. The van der Waals surface area contributed by atoms with Crippen molar-refractivity contribution in [1.29, 1.82) is 0 Å². The number of hydrogen-bond acceptors (Lipinski definition) is 2. The summed E-state index contributed by atoms with van der Waals surface area (Å²) in [4.78, 5) is 0. The van der Waals surface area contributed by atoms with Crippen LogP contribution in [0.25, 0.3) is 0 Å². The first-order valence-corrected chi connectivity index (χ1v) is 20.2. The SMILES string of the molecule is CCCCCCCCCCCCc1cc(O)c(O)c(CCCCCCCCCCCC)c1CCCCCCCCCCCC. The molecule has 0 aliphatic heterocycles. The van der Waals surface area contributed by atoms with Crippen LogP contribution in [0.2, 0.25) is 0 Å². The molecule has 0 aliphatic carbocycles. The number of aryl methyl sites for hydroxylation is 1. The van der Waals surface area contributed by atoms with Gasteiger partial charge >= 0.3 is 0 Å². The van der Waals surface area contributed by atoms with Gasteiger partial charge in [-0.3, -0.25) is 0 Å². The molecule has 0 unspecified atom stereocenters. The molecule has 0 bridgehead atoms. The number of hydrogen-bond donors (Lipinski definition) is 2. The van der Waals surface area contributed by atoms with Crippen LogP contribution in [0.4, 0.5) is 0 Å². The molecule has 0 fully saturated rings. The Balaban J connectivity index is 2.58. The van der Waals surface area contributed by atoms with E-state index in [9.17, 15) is 10.2 Å². The molecular formula is C42H78O2. The van der Waals surface area contributed by atoms with E-state index in [4.69, 9.17) is 0 Å². The predicted molar refractivity (Wildman–Crippen MR) is 196 cm³/mol. The monoisotopic (exact) mass is 615 g/mol. The van der Waals surface area contributed by atoms with E-state index in [1.54, 1.807) is 0 Å².